The maximum atomic E-state index is 12.3. The van der Waals surface area contributed by atoms with Crippen molar-refractivity contribution in [1.29, 1.82) is 0 Å². The van der Waals surface area contributed by atoms with E-state index in [1.54, 1.807) is 18.2 Å². The van der Waals surface area contributed by atoms with E-state index in [2.05, 4.69) is 10.3 Å². The van der Waals surface area contributed by atoms with Gasteiger partial charge in [-0.2, -0.15) is 0 Å². The van der Waals surface area contributed by atoms with E-state index in [1.807, 2.05) is 31.2 Å². The van der Waals surface area contributed by atoms with Gasteiger partial charge in [0.05, 0.1) is 22.3 Å². The fraction of sp³-hybridized carbons (Fsp3) is 0.211. The molecule has 0 spiro atoms. The molecule has 2 aromatic heterocycles. The maximum absolute atomic E-state index is 12.3. The minimum Gasteiger partial charge on any atom is -0.494 e. The second-order valence-electron chi connectivity index (χ2n) is 5.87. The number of rotatable bonds is 6. The third-order valence-electron chi connectivity index (χ3n) is 4.05. The number of nitrogens with zero attached hydrogens (tertiary/aromatic N) is 2. The first-order valence-corrected chi connectivity index (χ1v) is 9.37. The van der Waals surface area contributed by atoms with Crippen LogP contribution in [0.1, 0.15) is 13.3 Å². The quantitative estimate of drug-likeness (QED) is 0.549. The number of anilines is 1. The fourth-order valence-electron chi connectivity index (χ4n) is 2.84. The molecule has 8 heteroatoms. The fourth-order valence-corrected chi connectivity index (χ4v) is 3.75. The summed E-state index contributed by atoms with van der Waals surface area (Å²) < 4.78 is 13.1. The molecule has 27 heavy (non-hydrogen) atoms. The molecule has 0 aliphatic rings. The van der Waals surface area contributed by atoms with Gasteiger partial charge in [-0.25, -0.2) is 9.78 Å². The van der Waals surface area contributed by atoms with E-state index in [4.69, 9.17) is 9.15 Å². The maximum Gasteiger partial charge on any atom is 0.419 e. The molecule has 138 valence electrons. The SMILES string of the molecule is CCOc1ccc2nc(NC(=O)CCn3c(=O)oc4ccccc43)sc2c1. The van der Waals surface area contributed by atoms with Crippen molar-refractivity contribution in [3.63, 3.8) is 0 Å². The normalized spacial score (nSPS) is 11.1. The van der Waals surface area contributed by atoms with Gasteiger partial charge in [0, 0.05) is 13.0 Å². The topological polar surface area (TPSA) is 86.4 Å². The predicted molar refractivity (Wildman–Crippen MR) is 105 cm³/mol. The van der Waals surface area contributed by atoms with Crippen LogP contribution in [-0.4, -0.2) is 22.1 Å². The summed E-state index contributed by atoms with van der Waals surface area (Å²) in [5, 5.41) is 3.32. The number of para-hydroxylation sites is 2. The number of hydrogen-bond donors (Lipinski definition) is 1. The first kappa shape index (κ1) is 17.3. The second kappa shape index (κ2) is 7.24. The van der Waals surface area contributed by atoms with Crippen molar-refractivity contribution in [2.75, 3.05) is 11.9 Å². The molecule has 0 aliphatic heterocycles. The average molecular weight is 383 g/mol. The number of oxazole rings is 1. The Hall–Kier alpha value is -3.13. The minimum atomic E-state index is -0.465. The van der Waals surface area contributed by atoms with Crippen molar-refractivity contribution in [2.24, 2.45) is 0 Å². The molecule has 2 heterocycles. The summed E-state index contributed by atoms with van der Waals surface area (Å²) in [5.41, 5.74) is 1.99. The Kier molecular flexibility index (Phi) is 4.64. The van der Waals surface area contributed by atoms with Crippen molar-refractivity contribution in [3.05, 3.63) is 53.0 Å². The van der Waals surface area contributed by atoms with Crippen LogP contribution in [0.5, 0.6) is 5.75 Å². The van der Waals surface area contributed by atoms with Gasteiger partial charge in [0.15, 0.2) is 10.7 Å². The summed E-state index contributed by atoms with van der Waals surface area (Å²) in [6.07, 6.45) is 0.142. The summed E-state index contributed by atoms with van der Waals surface area (Å²) in [5.74, 6) is 0.0986. The Labute approximate surface area is 158 Å². The number of ether oxygens (including phenoxy) is 1. The Bertz CT molecular complexity index is 1170. The number of aromatic nitrogens is 2. The third kappa shape index (κ3) is 3.56. The lowest BCUT2D eigenvalue weighted by Gasteiger charge is -2.02. The molecular weight excluding hydrogens is 366 g/mol. The average Bonchev–Trinajstić information content (AvgIpc) is 3.19. The Morgan fingerprint density at radius 3 is 3.00 bits per heavy atom. The molecule has 1 N–H and O–H groups in total. The number of carbonyl (C=O) groups excluding carboxylic acids is 1. The number of benzene rings is 2. The molecule has 0 radical (unpaired) electrons. The Morgan fingerprint density at radius 1 is 1.30 bits per heavy atom. The number of hydrogen-bond acceptors (Lipinski definition) is 6. The molecule has 0 fully saturated rings. The van der Waals surface area contributed by atoms with E-state index in [0.29, 0.717) is 22.8 Å². The van der Waals surface area contributed by atoms with Gasteiger partial charge >= 0.3 is 5.76 Å². The van der Waals surface area contributed by atoms with Gasteiger partial charge in [0.25, 0.3) is 0 Å². The lowest BCUT2D eigenvalue weighted by Crippen LogP contribution is -2.19. The summed E-state index contributed by atoms with van der Waals surface area (Å²) in [6.45, 7) is 2.76. The van der Waals surface area contributed by atoms with Crippen LogP contribution in [0.3, 0.4) is 0 Å². The van der Waals surface area contributed by atoms with Crippen molar-refractivity contribution in [2.45, 2.75) is 19.9 Å². The largest absolute Gasteiger partial charge is 0.494 e. The first-order chi connectivity index (χ1) is 13.1. The lowest BCUT2D eigenvalue weighted by atomic mass is 10.3. The summed E-state index contributed by atoms with van der Waals surface area (Å²) in [7, 11) is 0. The van der Waals surface area contributed by atoms with Gasteiger partial charge in [0.2, 0.25) is 5.91 Å². The van der Waals surface area contributed by atoms with E-state index >= 15 is 0 Å². The van der Waals surface area contributed by atoms with Gasteiger partial charge in [-0.15, -0.1) is 0 Å². The van der Waals surface area contributed by atoms with Crippen LogP contribution >= 0.6 is 11.3 Å². The van der Waals surface area contributed by atoms with E-state index in [1.165, 1.54) is 15.9 Å². The highest BCUT2D eigenvalue weighted by molar-refractivity contribution is 7.22. The minimum absolute atomic E-state index is 0.142. The highest BCUT2D eigenvalue weighted by atomic mass is 32.1. The van der Waals surface area contributed by atoms with Crippen LogP contribution in [0, 0.1) is 0 Å². The zero-order chi connectivity index (χ0) is 18.8. The van der Waals surface area contributed by atoms with Crippen LogP contribution in [-0.2, 0) is 11.3 Å². The molecule has 4 aromatic rings. The highest BCUT2D eigenvalue weighted by Crippen LogP contribution is 2.29. The van der Waals surface area contributed by atoms with Gasteiger partial charge in [-0.05, 0) is 37.3 Å². The van der Waals surface area contributed by atoms with E-state index < -0.39 is 5.76 Å². The van der Waals surface area contributed by atoms with Crippen molar-refractivity contribution >= 4 is 43.7 Å². The summed E-state index contributed by atoms with van der Waals surface area (Å²) in [6, 6.07) is 12.8. The van der Waals surface area contributed by atoms with Gasteiger partial charge < -0.3 is 14.5 Å². The monoisotopic (exact) mass is 383 g/mol. The molecule has 4 rings (SSSR count). The predicted octanol–water partition coefficient (Wildman–Crippen LogP) is 3.63. The molecule has 0 saturated heterocycles. The van der Waals surface area contributed by atoms with E-state index in [0.717, 1.165) is 16.0 Å². The zero-order valence-electron chi connectivity index (χ0n) is 14.6. The molecule has 0 unspecified atom stereocenters. The van der Waals surface area contributed by atoms with Crippen LogP contribution in [0.25, 0.3) is 21.3 Å². The molecular formula is C19H17N3O4S. The number of carbonyl (C=O) groups is 1. The van der Waals surface area contributed by atoms with Crippen molar-refractivity contribution in [3.8, 4) is 5.75 Å². The standard InChI is InChI=1S/C19H17N3O4S/c1-2-25-12-7-8-13-16(11-12)27-18(20-13)21-17(23)9-10-22-14-5-3-4-6-15(14)26-19(22)24/h3-8,11H,2,9-10H2,1H3,(H,20,21,23). The van der Waals surface area contributed by atoms with E-state index in [9.17, 15) is 9.59 Å². The number of thiazole rings is 1. The highest BCUT2D eigenvalue weighted by Gasteiger charge is 2.12. The van der Waals surface area contributed by atoms with Crippen LogP contribution in [0.4, 0.5) is 5.13 Å². The van der Waals surface area contributed by atoms with Crippen LogP contribution in [0.15, 0.2) is 51.7 Å². The molecule has 0 bridgehead atoms. The van der Waals surface area contributed by atoms with Crippen molar-refractivity contribution in [1.82, 2.24) is 9.55 Å². The zero-order valence-corrected chi connectivity index (χ0v) is 15.4. The summed E-state index contributed by atoms with van der Waals surface area (Å²) in [4.78, 5) is 28.7. The number of aryl methyl sites for hydroxylation is 1. The summed E-state index contributed by atoms with van der Waals surface area (Å²) >= 11 is 1.38. The molecule has 1 amide bonds. The number of amides is 1. The molecule has 7 nitrogen and oxygen atoms in total. The second-order valence-corrected chi connectivity index (χ2v) is 6.90. The smallest absolute Gasteiger partial charge is 0.419 e. The third-order valence-corrected chi connectivity index (χ3v) is 4.99. The van der Waals surface area contributed by atoms with Crippen molar-refractivity contribution < 1.29 is 13.9 Å². The van der Waals surface area contributed by atoms with Gasteiger partial charge in [-0.3, -0.25) is 9.36 Å². The lowest BCUT2D eigenvalue weighted by molar-refractivity contribution is -0.116. The molecule has 2 aromatic carbocycles. The van der Waals surface area contributed by atoms with Crippen LogP contribution < -0.4 is 15.8 Å². The molecule has 0 atom stereocenters. The van der Waals surface area contributed by atoms with Gasteiger partial charge in [0.1, 0.15) is 5.75 Å². The van der Waals surface area contributed by atoms with E-state index in [-0.39, 0.29) is 18.9 Å². The van der Waals surface area contributed by atoms with Gasteiger partial charge in [-0.1, -0.05) is 23.5 Å². The number of fused-ring (bicyclic) bond motifs is 2. The molecule has 0 aliphatic carbocycles. The Balaban J connectivity index is 1.45. The number of nitrogens with one attached hydrogen (secondary N) is 1. The van der Waals surface area contributed by atoms with Crippen LogP contribution in [0.2, 0.25) is 0 Å². The molecule has 0 saturated carbocycles. The Morgan fingerprint density at radius 2 is 2.15 bits per heavy atom. The first-order valence-electron chi connectivity index (χ1n) is 8.55.